The van der Waals surface area contributed by atoms with Gasteiger partial charge in [0.05, 0.1) is 17.3 Å². The molecule has 5 nitrogen and oxygen atoms in total. The lowest BCUT2D eigenvalue weighted by atomic mass is 9.95. The molecule has 2 N–H and O–H groups in total. The van der Waals surface area contributed by atoms with Crippen molar-refractivity contribution >= 4 is 23.1 Å². The molecule has 1 heterocycles. The van der Waals surface area contributed by atoms with Gasteiger partial charge in [0.25, 0.3) is 11.7 Å². The summed E-state index contributed by atoms with van der Waals surface area (Å²) in [4.78, 5) is 26.6. The zero-order valence-electron chi connectivity index (χ0n) is 15.4. The van der Waals surface area contributed by atoms with E-state index in [9.17, 15) is 28.6 Å². The van der Waals surface area contributed by atoms with Crippen molar-refractivity contribution in [3.8, 4) is 5.75 Å². The molecule has 3 aromatic carbocycles. The number of halogens is 2. The number of Topliss-reactive ketones (excluding diaryl/α,β-unsaturated/α-hetero) is 1. The first kappa shape index (κ1) is 19.3. The molecule has 1 unspecified atom stereocenters. The molecule has 0 radical (unpaired) electrons. The van der Waals surface area contributed by atoms with E-state index in [1.807, 2.05) is 0 Å². The Morgan fingerprint density at radius 2 is 1.63 bits per heavy atom. The Hall–Kier alpha value is -4.00. The molecule has 0 aromatic heterocycles. The van der Waals surface area contributed by atoms with Gasteiger partial charge in [0.2, 0.25) is 0 Å². The van der Waals surface area contributed by atoms with Gasteiger partial charge in [-0.25, -0.2) is 8.78 Å². The van der Waals surface area contributed by atoms with Gasteiger partial charge in [0.15, 0.2) is 0 Å². The molecule has 0 spiro atoms. The second-order valence-electron chi connectivity index (χ2n) is 6.73. The molecular weight excluding hydrogens is 392 g/mol. The van der Waals surface area contributed by atoms with Crippen molar-refractivity contribution in [3.05, 3.63) is 101 Å². The number of aliphatic hydroxyl groups excluding tert-OH is 1. The summed E-state index contributed by atoms with van der Waals surface area (Å²) in [7, 11) is 0. The molecule has 7 heteroatoms. The van der Waals surface area contributed by atoms with E-state index >= 15 is 0 Å². The minimum absolute atomic E-state index is 0.141. The second-order valence-corrected chi connectivity index (χ2v) is 6.73. The third-order valence-electron chi connectivity index (χ3n) is 4.85. The van der Waals surface area contributed by atoms with E-state index in [1.54, 1.807) is 30.3 Å². The van der Waals surface area contributed by atoms with Crippen LogP contribution in [0.2, 0.25) is 0 Å². The van der Waals surface area contributed by atoms with Crippen molar-refractivity contribution in [2.24, 2.45) is 0 Å². The van der Waals surface area contributed by atoms with Crippen LogP contribution in [0.15, 0.2) is 78.4 Å². The van der Waals surface area contributed by atoms with Gasteiger partial charge in [-0.3, -0.25) is 14.5 Å². The van der Waals surface area contributed by atoms with E-state index < -0.39 is 35.1 Å². The minimum atomic E-state index is -1.22. The average Bonchev–Trinajstić information content (AvgIpc) is 2.99. The van der Waals surface area contributed by atoms with Gasteiger partial charge < -0.3 is 10.2 Å². The highest BCUT2D eigenvalue weighted by Crippen LogP contribution is 2.43. The van der Waals surface area contributed by atoms with Gasteiger partial charge in [-0.15, -0.1) is 0 Å². The topological polar surface area (TPSA) is 77.8 Å². The summed E-state index contributed by atoms with van der Waals surface area (Å²) >= 11 is 0. The molecule has 1 fully saturated rings. The number of phenolic OH excluding ortho intramolecular Hbond substituents is 1. The van der Waals surface area contributed by atoms with Gasteiger partial charge >= 0.3 is 0 Å². The molecule has 1 atom stereocenters. The first-order valence-corrected chi connectivity index (χ1v) is 8.99. The van der Waals surface area contributed by atoms with E-state index in [-0.39, 0.29) is 22.6 Å². The van der Waals surface area contributed by atoms with Crippen LogP contribution in [0.3, 0.4) is 0 Å². The van der Waals surface area contributed by atoms with Gasteiger partial charge in [-0.05, 0) is 29.8 Å². The first-order chi connectivity index (χ1) is 14.4. The van der Waals surface area contributed by atoms with Crippen LogP contribution in [0.25, 0.3) is 5.76 Å². The number of nitrogens with zero attached hydrogens (tertiary/aromatic N) is 1. The zero-order chi connectivity index (χ0) is 21.4. The largest absolute Gasteiger partial charge is 0.508 e. The summed E-state index contributed by atoms with van der Waals surface area (Å²) in [6.07, 6.45) is 0. The Balaban J connectivity index is 1.98. The van der Waals surface area contributed by atoms with Crippen molar-refractivity contribution in [1.29, 1.82) is 0 Å². The van der Waals surface area contributed by atoms with Crippen molar-refractivity contribution in [2.75, 3.05) is 4.90 Å². The second kappa shape index (κ2) is 7.44. The fourth-order valence-corrected chi connectivity index (χ4v) is 3.52. The molecule has 1 saturated heterocycles. The van der Waals surface area contributed by atoms with Crippen LogP contribution >= 0.6 is 0 Å². The molecular formula is C23H15F2NO4. The monoisotopic (exact) mass is 407 g/mol. The number of ketones is 1. The third-order valence-corrected chi connectivity index (χ3v) is 4.85. The van der Waals surface area contributed by atoms with E-state index in [1.165, 1.54) is 24.3 Å². The molecule has 0 bridgehead atoms. The smallest absolute Gasteiger partial charge is 0.300 e. The van der Waals surface area contributed by atoms with Crippen molar-refractivity contribution in [3.63, 3.8) is 0 Å². The quantitative estimate of drug-likeness (QED) is 0.386. The van der Waals surface area contributed by atoms with E-state index in [0.29, 0.717) is 11.6 Å². The summed E-state index contributed by atoms with van der Waals surface area (Å²) in [6.45, 7) is 0. The van der Waals surface area contributed by atoms with Crippen LogP contribution in [0, 0.1) is 11.6 Å². The zero-order valence-corrected chi connectivity index (χ0v) is 15.4. The number of carbonyl (C=O) groups excluding carboxylic acids is 2. The molecule has 1 amide bonds. The number of phenols is 1. The van der Waals surface area contributed by atoms with Gasteiger partial charge in [0, 0.05) is 11.6 Å². The number of hydrogen-bond donors (Lipinski definition) is 2. The Morgan fingerprint density at radius 1 is 0.900 bits per heavy atom. The van der Waals surface area contributed by atoms with Crippen LogP contribution in [-0.4, -0.2) is 21.9 Å². The number of aromatic hydroxyl groups is 1. The van der Waals surface area contributed by atoms with Crippen LogP contribution in [0.4, 0.5) is 14.5 Å². The van der Waals surface area contributed by atoms with E-state index in [2.05, 4.69) is 0 Å². The van der Waals surface area contributed by atoms with Crippen LogP contribution in [0.1, 0.15) is 17.2 Å². The molecule has 0 saturated carbocycles. The lowest BCUT2D eigenvalue weighted by Crippen LogP contribution is -2.30. The van der Waals surface area contributed by atoms with E-state index in [0.717, 1.165) is 17.0 Å². The summed E-state index contributed by atoms with van der Waals surface area (Å²) < 4.78 is 28.0. The highest BCUT2D eigenvalue weighted by molar-refractivity contribution is 6.51. The standard InChI is InChI=1S/C23H15F2NO4/c24-15-9-10-18(17(25)12-15)26-20(14-7-4-8-16(27)11-14)19(22(29)23(26)30)21(28)13-5-2-1-3-6-13/h1-12,20,27-28H/b21-19+. The maximum Gasteiger partial charge on any atom is 0.300 e. The summed E-state index contributed by atoms with van der Waals surface area (Å²) in [5.74, 6) is -4.56. The maximum atomic E-state index is 14.5. The van der Waals surface area contributed by atoms with Gasteiger partial charge in [-0.1, -0.05) is 42.5 Å². The third kappa shape index (κ3) is 3.20. The Kier molecular flexibility index (Phi) is 4.79. The number of rotatable bonds is 3. The SMILES string of the molecule is O=C1C(=O)N(c2ccc(F)cc2F)C(c2cccc(O)c2)/C1=C(\O)c1ccccc1. The van der Waals surface area contributed by atoms with Crippen LogP contribution in [-0.2, 0) is 9.59 Å². The summed E-state index contributed by atoms with van der Waals surface area (Å²) in [5.41, 5.74) is -0.0184. The predicted molar refractivity (Wildman–Crippen MR) is 106 cm³/mol. The lowest BCUT2D eigenvalue weighted by Gasteiger charge is -2.25. The summed E-state index contributed by atoms with van der Waals surface area (Å²) in [6, 6.07) is 15.2. The Bertz CT molecular complexity index is 1190. The molecule has 3 aromatic rings. The van der Waals surface area contributed by atoms with Gasteiger partial charge in [-0.2, -0.15) is 0 Å². The lowest BCUT2D eigenvalue weighted by molar-refractivity contribution is -0.132. The molecule has 0 aliphatic carbocycles. The van der Waals surface area contributed by atoms with Gasteiger partial charge in [0.1, 0.15) is 23.1 Å². The van der Waals surface area contributed by atoms with E-state index in [4.69, 9.17) is 0 Å². The highest BCUT2D eigenvalue weighted by atomic mass is 19.1. The van der Waals surface area contributed by atoms with Crippen LogP contribution < -0.4 is 4.90 Å². The molecule has 1 aliphatic heterocycles. The maximum absolute atomic E-state index is 14.5. The Labute approximate surface area is 170 Å². The number of amides is 1. The molecule has 150 valence electrons. The first-order valence-electron chi connectivity index (χ1n) is 8.99. The highest BCUT2D eigenvalue weighted by Gasteiger charge is 2.47. The molecule has 4 rings (SSSR count). The molecule has 1 aliphatic rings. The van der Waals surface area contributed by atoms with Crippen molar-refractivity contribution in [2.45, 2.75) is 6.04 Å². The number of anilines is 1. The number of benzene rings is 3. The average molecular weight is 407 g/mol. The number of carbonyl (C=O) groups is 2. The Morgan fingerprint density at radius 3 is 2.30 bits per heavy atom. The number of hydrogen-bond acceptors (Lipinski definition) is 4. The van der Waals surface area contributed by atoms with Crippen LogP contribution in [0.5, 0.6) is 5.75 Å². The molecule has 30 heavy (non-hydrogen) atoms. The van der Waals surface area contributed by atoms with Crippen molar-refractivity contribution < 1.29 is 28.6 Å². The fourth-order valence-electron chi connectivity index (χ4n) is 3.52. The number of aliphatic hydroxyl groups is 1. The normalized spacial score (nSPS) is 18.1. The minimum Gasteiger partial charge on any atom is -0.508 e. The predicted octanol–water partition coefficient (Wildman–Crippen LogP) is 4.30. The van der Waals surface area contributed by atoms with Crippen molar-refractivity contribution in [1.82, 2.24) is 0 Å². The fraction of sp³-hybridized carbons (Fsp3) is 0.0435. The summed E-state index contributed by atoms with van der Waals surface area (Å²) in [5, 5.41) is 20.8.